The van der Waals surface area contributed by atoms with Crippen LogP contribution in [0.15, 0.2) is 53.7 Å². The highest BCUT2D eigenvalue weighted by molar-refractivity contribution is 7.91. The summed E-state index contributed by atoms with van der Waals surface area (Å²) in [7, 11) is -3.17. The Hall–Kier alpha value is -1.94. The summed E-state index contributed by atoms with van der Waals surface area (Å²) in [5.74, 6) is 0.241. The number of hydrogen-bond donors (Lipinski definition) is 0. The van der Waals surface area contributed by atoms with Gasteiger partial charge in [-0.2, -0.15) is 0 Å². The van der Waals surface area contributed by atoms with Gasteiger partial charge in [-0.3, -0.25) is 4.98 Å². The molecule has 0 aliphatic carbocycles. The van der Waals surface area contributed by atoms with Crippen LogP contribution in [0.5, 0.6) is 0 Å². The number of unbranched alkanes of at least 4 members (excludes halogenated alkanes) is 5. The summed E-state index contributed by atoms with van der Waals surface area (Å²) in [6, 6.07) is 11.0. The molecule has 0 fully saturated rings. The molecule has 0 aliphatic heterocycles. The van der Waals surface area contributed by atoms with E-state index in [1.165, 1.54) is 19.3 Å². The first kappa shape index (κ1) is 19.4. The van der Waals surface area contributed by atoms with Gasteiger partial charge in [0.1, 0.15) is 0 Å². The Morgan fingerprint density at radius 1 is 0.800 bits per heavy atom. The molecule has 0 amide bonds. The van der Waals surface area contributed by atoms with E-state index in [0.717, 1.165) is 30.4 Å². The van der Waals surface area contributed by atoms with Crippen LogP contribution in [0.1, 0.15) is 56.6 Å². The van der Waals surface area contributed by atoms with Crippen molar-refractivity contribution < 1.29 is 8.42 Å². The molecule has 134 valence electrons. The van der Waals surface area contributed by atoms with Crippen LogP contribution in [0.4, 0.5) is 0 Å². The highest BCUT2D eigenvalue weighted by atomic mass is 32.2. The maximum absolute atomic E-state index is 12.4. The molecule has 1 heterocycles. The van der Waals surface area contributed by atoms with Gasteiger partial charge >= 0.3 is 0 Å². The molecule has 2 aromatic rings. The third kappa shape index (κ3) is 6.83. The normalized spacial score (nSPS) is 11.9. The van der Waals surface area contributed by atoms with E-state index in [1.54, 1.807) is 24.5 Å². The molecule has 25 heavy (non-hydrogen) atoms. The van der Waals surface area contributed by atoms with Crippen molar-refractivity contribution in [2.24, 2.45) is 0 Å². The highest BCUT2D eigenvalue weighted by Gasteiger charge is 2.13. The SMILES string of the molecule is CCCCCCCCS(=O)(=O)c1ccc(C=Cc2ccncc2)cc1. The van der Waals surface area contributed by atoms with Crippen molar-refractivity contribution >= 4 is 22.0 Å². The number of rotatable bonds is 10. The van der Waals surface area contributed by atoms with Crippen LogP contribution in [0, 0.1) is 0 Å². The molecule has 3 nitrogen and oxygen atoms in total. The van der Waals surface area contributed by atoms with E-state index in [2.05, 4.69) is 11.9 Å². The Balaban J connectivity index is 1.88. The van der Waals surface area contributed by atoms with Gasteiger partial charge < -0.3 is 0 Å². The highest BCUT2D eigenvalue weighted by Crippen LogP contribution is 2.16. The van der Waals surface area contributed by atoms with Crippen LogP contribution >= 0.6 is 0 Å². The zero-order valence-corrected chi connectivity index (χ0v) is 15.7. The first-order valence-corrected chi connectivity index (χ1v) is 10.7. The van der Waals surface area contributed by atoms with Crippen molar-refractivity contribution in [1.29, 1.82) is 0 Å². The first-order valence-electron chi connectivity index (χ1n) is 9.03. The van der Waals surface area contributed by atoms with Crippen molar-refractivity contribution in [1.82, 2.24) is 4.98 Å². The average molecular weight is 358 g/mol. The summed E-state index contributed by atoms with van der Waals surface area (Å²) in [6.45, 7) is 2.18. The third-order valence-corrected chi connectivity index (χ3v) is 6.00. The average Bonchev–Trinajstić information content (AvgIpc) is 2.64. The zero-order chi connectivity index (χ0) is 18.0. The van der Waals surface area contributed by atoms with Gasteiger partial charge in [0.25, 0.3) is 0 Å². The van der Waals surface area contributed by atoms with Crippen LogP contribution in [0.2, 0.25) is 0 Å². The summed E-state index contributed by atoms with van der Waals surface area (Å²) in [4.78, 5) is 4.40. The minimum Gasteiger partial charge on any atom is -0.265 e. The fourth-order valence-corrected chi connectivity index (χ4v) is 4.01. The summed E-state index contributed by atoms with van der Waals surface area (Å²) in [5.41, 5.74) is 2.05. The van der Waals surface area contributed by atoms with E-state index in [1.807, 2.05) is 36.4 Å². The van der Waals surface area contributed by atoms with Gasteiger partial charge in [0.15, 0.2) is 9.84 Å². The largest absolute Gasteiger partial charge is 0.265 e. The van der Waals surface area contributed by atoms with Gasteiger partial charge in [0, 0.05) is 12.4 Å². The smallest absolute Gasteiger partial charge is 0.178 e. The molecule has 1 aromatic carbocycles. The predicted octanol–water partition coefficient (Wildman–Crippen LogP) is 5.39. The van der Waals surface area contributed by atoms with E-state index in [-0.39, 0.29) is 5.75 Å². The van der Waals surface area contributed by atoms with Crippen molar-refractivity contribution in [3.8, 4) is 0 Å². The number of pyridine rings is 1. The van der Waals surface area contributed by atoms with Crippen molar-refractivity contribution in [3.63, 3.8) is 0 Å². The molecule has 0 saturated carbocycles. The third-order valence-electron chi connectivity index (χ3n) is 4.18. The maximum Gasteiger partial charge on any atom is 0.178 e. The molecule has 0 atom stereocenters. The lowest BCUT2D eigenvalue weighted by Gasteiger charge is -2.05. The van der Waals surface area contributed by atoms with Gasteiger partial charge in [-0.15, -0.1) is 0 Å². The van der Waals surface area contributed by atoms with E-state index in [9.17, 15) is 8.42 Å². The van der Waals surface area contributed by atoms with Gasteiger partial charge in [-0.25, -0.2) is 8.42 Å². The van der Waals surface area contributed by atoms with E-state index in [4.69, 9.17) is 0 Å². The van der Waals surface area contributed by atoms with E-state index >= 15 is 0 Å². The Morgan fingerprint density at radius 3 is 2.00 bits per heavy atom. The van der Waals surface area contributed by atoms with E-state index in [0.29, 0.717) is 4.90 Å². The molecule has 0 saturated heterocycles. The first-order chi connectivity index (χ1) is 12.1. The maximum atomic E-state index is 12.4. The zero-order valence-electron chi connectivity index (χ0n) is 14.9. The molecule has 0 bridgehead atoms. The standard InChI is InChI=1S/C21H27NO2S/c1-2-3-4-5-6-7-18-25(23,24)21-12-10-19(11-13-21)8-9-20-14-16-22-17-15-20/h8-17H,2-7,18H2,1H3. The minimum atomic E-state index is -3.17. The number of hydrogen-bond acceptors (Lipinski definition) is 3. The fourth-order valence-electron chi connectivity index (χ4n) is 2.64. The second kappa shape index (κ2) is 10.1. The van der Waals surface area contributed by atoms with Crippen LogP contribution in [-0.4, -0.2) is 19.2 Å². The van der Waals surface area contributed by atoms with Crippen molar-refractivity contribution in [2.45, 2.75) is 50.3 Å². The minimum absolute atomic E-state index is 0.241. The lowest BCUT2D eigenvalue weighted by atomic mass is 10.1. The Labute approximate surface area is 151 Å². The molecule has 0 radical (unpaired) electrons. The lowest BCUT2D eigenvalue weighted by molar-refractivity contribution is 0.583. The van der Waals surface area contributed by atoms with Crippen molar-refractivity contribution in [2.75, 3.05) is 5.75 Å². The number of sulfone groups is 1. The molecule has 4 heteroatoms. The molecule has 0 spiro atoms. The van der Waals surface area contributed by atoms with Gasteiger partial charge in [0.2, 0.25) is 0 Å². The van der Waals surface area contributed by atoms with E-state index < -0.39 is 9.84 Å². The Kier molecular flexibility index (Phi) is 7.86. The summed E-state index contributed by atoms with van der Waals surface area (Å²) < 4.78 is 24.8. The van der Waals surface area contributed by atoms with Crippen LogP contribution in [0.25, 0.3) is 12.2 Å². The molecule has 0 aliphatic rings. The van der Waals surface area contributed by atoms with Gasteiger partial charge in [-0.1, -0.05) is 63.3 Å². The summed E-state index contributed by atoms with van der Waals surface area (Å²) in [6.07, 6.45) is 14.0. The van der Waals surface area contributed by atoms with Gasteiger partial charge in [-0.05, 0) is 41.8 Å². The van der Waals surface area contributed by atoms with Crippen LogP contribution in [-0.2, 0) is 9.84 Å². The summed E-state index contributed by atoms with van der Waals surface area (Å²) >= 11 is 0. The molecular weight excluding hydrogens is 330 g/mol. The quantitative estimate of drug-likeness (QED) is 0.536. The number of aromatic nitrogens is 1. The molecule has 2 rings (SSSR count). The van der Waals surface area contributed by atoms with Crippen LogP contribution < -0.4 is 0 Å². The predicted molar refractivity (Wildman–Crippen MR) is 105 cm³/mol. The summed E-state index contributed by atoms with van der Waals surface area (Å²) in [5, 5.41) is 0. The lowest BCUT2D eigenvalue weighted by Crippen LogP contribution is -2.06. The number of nitrogens with zero attached hydrogens (tertiary/aromatic N) is 1. The second-order valence-corrected chi connectivity index (χ2v) is 8.38. The topological polar surface area (TPSA) is 47.0 Å². The molecule has 1 aromatic heterocycles. The number of benzene rings is 1. The Bertz CT molecular complexity index is 750. The monoisotopic (exact) mass is 357 g/mol. The Morgan fingerprint density at radius 2 is 1.36 bits per heavy atom. The van der Waals surface area contributed by atoms with Gasteiger partial charge in [0.05, 0.1) is 10.6 Å². The molecule has 0 unspecified atom stereocenters. The fraction of sp³-hybridized carbons (Fsp3) is 0.381. The van der Waals surface area contributed by atoms with Crippen LogP contribution in [0.3, 0.4) is 0 Å². The van der Waals surface area contributed by atoms with Crippen molar-refractivity contribution in [3.05, 3.63) is 59.9 Å². The second-order valence-electron chi connectivity index (χ2n) is 6.27. The molecule has 0 N–H and O–H groups in total. The molecular formula is C21H27NO2S.